The van der Waals surface area contributed by atoms with Crippen LogP contribution in [-0.4, -0.2) is 71.3 Å². The number of rotatable bonds is 6. The highest BCUT2D eigenvalue weighted by Gasteiger charge is 2.32. The van der Waals surface area contributed by atoms with Crippen molar-refractivity contribution in [3.63, 3.8) is 0 Å². The van der Waals surface area contributed by atoms with Crippen molar-refractivity contribution in [2.45, 2.75) is 19.3 Å². The molecule has 9 nitrogen and oxygen atoms in total. The number of carbonyl (C=O) groups is 1. The molecule has 41 heavy (non-hydrogen) atoms. The number of anilines is 2. The predicted octanol–water partition coefficient (Wildman–Crippen LogP) is 4.22. The number of carboxylic acid groups (broad SMARTS) is 1. The number of pyridine rings is 3. The molecule has 1 atom stereocenters. The minimum Gasteiger partial charge on any atom is -0.477 e. The number of nitrogens with one attached hydrogen (secondary N) is 1. The van der Waals surface area contributed by atoms with E-state index >= 15 is 0 Å². The van der Waals surface area contributed by atoms with Gasteiger partial charge in [0, 0.05) is 81.1 Å². The van der Waals surface area contributed by atoms with Gasteiger partial charge in [0.1, 0.15) is 17.0 Å². The Kier molecular flexibility index (Phi) is 6.73. The topological polar surface area (TPSA) is 104 Å². The van der Waals surface area contributed by atoms with E-state index in [1.165, 1.54) is 12.3 Å². The van der Waals surface area contributed by atoms with Crippen LogP contribution < -0.4 is 15.6 Å². The van der Waals surface area contributed by atoms with Crippen LogP contribution in [0.3, 0.4) is 0 Å². The van der Waals surface area contributed by atoms with E-state index in [0.29, 0.717) is 23.5 Å². The number of nitrogens with zero attached hydrogens (tertiary/aromatic N) is 5. The van der Waals surface area contributed by atoms with Crippen LogP contribution in [0, 0.1) is 11.7 Å². The van der Waals surface area contributed by atoms with Gasteiger partial charge in [-0.05, 0) is 62.2 Å². The standard InChI is InChI=1S/C31H33FN6O3/c1-33-25-10-19(32)9-21-20(25)11-26-27(21)28(38-7-5-6-17(15-38)14-36(2)3)23(13-34-26)18-8-22-29(39)24(31(40)41)16-37(4)30(22)35-12-18/h8-10,12-13,16-17,33H,5-7,11,14-15H2,1-4H3,(H,40,41). The van der Waals surface area contributed by atoms with Crippen LogP contribution in [0.5, 0.6) is 0 Å². The molecular formula is C31H33FN6O3. The Morgan fingerprint density at radius 2 is 2.00 bits per heavy atom. The number of hydrogen-bond donors (Lipinski definition) is 2. The second-order valence-electron chi connectivity index (χ2n) is 11.3. The van der Waals surface area contributed by atoms with E-state index in [2.05, 4.69) is 34.2 Å². The van der Waals surface area contributed by atoms with Crippen LogP contribution >= 0.6 is 0 Å². The fourth-order valence-electron chi connectivity index (χ4n) is 6.53. The third-order valence-corrected chi connectivity index (χ3v) is 8.24. The van der Waals surface area contributed by atoms with Crippen LogP contribution in [0.1, 0.15) is 34.5 Å². The van der Waals surface area contributed by atoms with Crippen molar-refractivity contribution in [2.75, 3.05) is 51.0 Å². The molecule has 2 aliphatic rings. The molecular weight excluding hydrogens is 523 g/mol. The van der Waals surface area contributed by atoms with E-state index in [-0.39, 0.29) is 16.8 Å². The average Bonchev–Trinajstić information content (AvgIpc) is 3.32. The third-order valence-electron chi connectivity index (χ3n) is 8.24. The molecule has 1 saturated heterocycles. The lowest BCUT2D eigenvalue weighted by Gasteiger charge is -2.37. The zero-order chi connectivity index (χ0) is 29.0. The highest BCUT2D eigenvalue weighted by Crippen LogP contribution is 2.49. The molecule has 4 aromatic rings. The normalized spacial score (nSPS) is 16.2. The Morgan fingerprint density at radius 3 is 2.73 bits per heavy atom. The lowest BCUT2D eigenvalue weighted by Crippen LogP contribution is -2.40. The monoisotopic (exact) mass is 556 g/mol. The highest BCUT2D eigenvalue weighted by atomic mass is 19.1. The maximum absolute atomic E-state index is 14.9. The summed E-state index contributed by atoms with van der Waals surface area (Å²) in [5.74, 6) is -1.15. The van der Waals surface area contributed by atoms with E-state index in [1.54, 1.807) is 37.0 Å². The van der Waals surface area contributed by atoms with Crippen LogP contribution in [0.25, 0.3) is 33.3 Å². The van der Waals surface area contributed by atoms with E-state index in [0.717, 1.165) is 71.8 Å². The van der Waals surface area contributed by atoms with Gasteiger partial charge in [0.25, 0.3) is 0 Å². The van der Waals surface area contributed by atoms with Gasteiger partial charge in [0.2, 0.25) is 5.43 Å². The van der Waals surface area contributed by atoms with Gasteiger partial charge in [-0.3, -0.25) is 9.78 Å². The molecule has 0 spiro atoms. The van der Waals surface area contributed by atoms with Crippen molar-refractivity contribution in [1.29, 1.82) is 0 Å². The van der Waals surface area contributed by atoms with E-state index < -0.39 is 11.4 Å². The average molecular weight is 557 g/mol. The molecule has 1 aliphatic heterocycles. The largest absolute Gasteiger partial charge is 0.477 e. The van der Waals surface area contributed by atoms with Gasteiger partial charge in [0.15, 0.2) is 0 Å². The molecule has 6 rings (SSSR count). The number of piperidine rings is 1. The molecule has 1 aromatic carbocycles. The molecule has 1 unspecified atom stereocenters. The van der Waals surface area contributed by atoms with Crippen molar-refractivity contribution in [3.05, 3.63) is 69.7 Å². The zero-order valence-corrected chi connectivity index (χ0v) is 23.7. The fraction of sp³-hybridized carbons (Fsp3) is 0.355. The smallest absolute Gasteiger partial charge is 0.341 e. The van der Waals surface area contributed by atoms with Crippen LogP contribution in [0.15, 0.2) is 41.6 Å². The Labute approximate surface area is 237 Å². The summed E-state index contributed by atoms with van der Waals surface area (Å²) in [6.45, 7) is 2.62. The highest BCUT2D eigenvalue weighted by molar-refractivity contribution is 5.98. The van der Waals surface area contributed by atoms with E-state index in [1.807, 2.05) is 6.20 Å². The van der Waals surface area contributed by atoms with Crippen molar-refractivity contribution >= 4 is 28.4 Å². The first-order valence-electron chi connectivity index (χ1n) is 13.8. The number of fused-ring (bicyclic) bond motifs is 4. The Hall–Kier alpha value is -4.31. The zero-order valence-electron chi connectivity index (χ0n) is 23.7. The van der Waals surface area contributed by atoms with Crippen molar-refractivity contribution < 1.29 is 14.3 Å². The number of hydrogen-bond acceptors (Lipinski definition) is 7. The quantitative estimate of drug-likeness (QED) is 0.321. The summed E-state index contributed by atoms with van der Waals surface area (Å²) < 4.78 is 16.4. The lowest BCUT2D eigenvalue weighted by molar-refractivity contribution is 0.0695. The van der Waals surface area contributed by atoms with E-state index in [9.17, 15) is 19.1 Å². The molecule has 0 bridgehead atoms. The molecule has 10 heteroatoms. The van der Waals surface area contributed by atoms with Crippen LogP contribution in [-0.2, 0) is 13.5 Å². The van der Waals surface area contributed by atoms with Crippen molar-refractivity contribution in [2.24, 2.45) is 13.0 Å². The first-order valence-corrected chi connectivity index (χ1v) is 13.8. The van der Waals surface area contributed by atoms with Crippen molar-refractivity contribution in [1.82, 2.24) is 19.4 Å². The molecule has 2 N–H and O–H groups in total. The molecule has 4 heterocycles. The minimum atomic E-state index is -1.28. The van der Waals surface area contributed by atoms with Gasteiger partial charge in [-0.1, -0.05) is 0 Å². The summed E-state index contributed by atoms with van der Waals surface area (Å²) in [7, 11) is 7.63. The molecule has 0 saturated carbocycles. The molecule has 0 amide bonds. The SMILES string of the molecule is CNc1cc(F)cc2c1Cc1ncc(-c3cnc4c(c3)c(=O)c(C(=O)O)cn4C)c(N3CCCC(CN(C)C)C3)c1-2. The number of aromatic nitrogens is 3. The fourth-order valence-corrected chi connectivity index (χ4v) is 6.53. The number of aryl methyl sites for hydroxylation is 1. The second-order valence-corrected chi connectivity index (χ2v) is 11.3. The predicted molar refractivity (Wildman–Crippen MR) is 158 cm³/mol. The third kappa shape index (κ3) is 4.61. The Bertz CT molecular complexity index is 1770. The maximum atomic E-state index is 14.9. The Balaban J connectivity index is 1.60. The number of aromatic carboxylic acids is 1. The minimum absolute atomic E-state index is 0.226. The van der Waals surface area contributed by atoms with Crippen LogP contribution in [0.4, 0.5) is 15.8 Å². The lowest BCUT2D eigenvalue weighted by atomic mass is 9.93. The number of carboxylic acids is 1. The first kappa shape index (κ1) is 26.9. The van der Waals surface area contributed by atoms with Gasteiger partial charge in [0.05, 0.1) is 16.8 Å². The van der Waals surface area contributed by atoms with Crippen molar-refractivity contribution in [3.8, 4) is 22.3 Å². The maximum Gasteiger partial charge on any atom is 0.341 e. The van der Waals surface area contributed by atoms with Gasteiger partial charge in [-0.15, -0.1) is 0 Å². The summed E-state index contributed by atoms with van der Waals surface area (Å²) in [5, 5.41) is 13.0. The summed E-state index contributed by atoms with van der Waals surface area (Å²) in [6, 6.07) is 4.82. The molecule has 1 aliphatic carbocycles. The summed E-state index contributed by atoms with van der Waals surface area (Å²) in [5.41, 5.74) is 6.28. The second kappa shape index (κ2) is 10.3. The van der Waals surface area contributed by atoms with Gasteiger partial charge in [-0.2, -0.15) is 0 Å². The molecule has 0 radical (unpaired) electrons. The molecule has 3 aromatic heterocycles. The van der Waals surface area contributed by atoms with Crippen LogP contribution in [0.2, 0.25) is 0 Å². The molecule has 212 valence electrons. The number of halogens is 1. The first-order chi connectivity index (χ1) is 19.7. The summed E-state index contributed by atoms with van der Waals surface area (Å²) in [4.78, 5) is 39.0. The van der Waals surface area contributed by atoms with Gasteiger partial charge < -0.3 is 24.8 Å². The van der Waals surface area contributed by atoms with Gasteiger partial charge >= 0.3 is 5.97 Å². The Morgan fingerprint density at radius 1 is 1.20 bits per heavy atom. The molecule has 1 fully saturated rings. The summed E-state index contributed by atoms with van der Waals surface area (Å²) >= 11 is 0. The summed E-state index contributed by atoms with van der Waals surface area (Å²) in [6.07, 6.45) is 7.55. The number of benzene rings is 1. The van der Waals surface area contributed by atoms with Gasteiger partial charge in [-0.25, -0.2) is 14.2 Å². The van der Waals surface area contributed by atoms with E-state index in [4.69, 9.17) is 4.98 Å².